The minimum Gasteiger partial charge on any atom is -0.310 e. The van der Waals surface area contributed by atoms with Gasteiger partial charge in [-0.25, -0.2) is 0 Å². The average Bonchev–Trinajstić information content (AvgIpc) is 2.87. The molecular weight excluding hydrogens is 242 g/mol. The van der Waals surface area contributed by atoms with Gasteiger partial charge in [0, 0.05) is 6.04 Å². The molecule has 0 saturated heterocycles. The van der Waals surface area contributed by atoms with Gasteiger partial charge in [0.25, 0.3) is 0 Å². The van der Waals surface area contributed by atoms with Crippen LogP contribution in [-0.4, -0.2) is 6.54 Å². The van der Waals surface area contributed by atoms with Gasteiger partial charge in [0.05, 0.1) is 0 Å². The van der Waals surface area contributed by atoms with Crippen LogP contribution in [0.5, 0.6) is 0 Å². The van der Waals surface area contributed by atoms with Crippen LogP contribution in [0.15, 0.2) is 24.3 Å². The standard InChI is InChI=1S/C19H27N/c1-2-20-19(18-16-10-5-11-17(16)18)15-9-4-8-14(12-15)13-6-3-7-13/h4,8-9,12-13,16-20H,2-3,5-7,10-11H2,1H3. The van der Waals surface area contributed by atoms with Crippen molar-refractivity contribution in [2.45, 2.75) is 57.4 Å². The molecule has 3 aliphatic carbocycles. The van der Waals surface area contributed by atoms with Crippen LogP contribution < -0.4 is 5.32 Å². The second-order valence-electron chi connectivity index (χ2n) is 7.17. The fraction of sp³-hybridized carbons (Fsp3) is 0.684. The molecule has 0 bridgehead atoms. The van der Waals surface area contributed by atoms with Crippen LogP contribution >= 0.6 is 0 Å². The van der Waals surface area contributed by atoms with E-state index < -0.39 is 0 Å². The zero-order valence-electron chi connectivity index (χ0n) is 12.6. The molecule has 0 radical (unpaired) electrons. The number of nitrogens with one attached hydrogen (secondary N) is 1. The van der Waals surface area contributed by atoms with Crippen molar-refractivity contribution >= 4 is 0 Å². The molecule has 0 amide bonds. The summed E-state index contributed by atoms with van der Waals surface area (Å²) >= 11 is 0. The Morgan fingerprint density at radius 3 is 2.50 bits per heavy atom. The Labute approximate surface area is 123 Å². The zero-order valence-corrected chi connectivity index (χ0v) is 12.6. The lowest BCUT2D eigenvalue weighted by molar-refractivity contribution is 0.412. The number of hydrogen-bond acceptors (Lipinski definition) is 1. The predicted octanol–water partition coefficient (Wildman–Crippen LogP) is 4.65. The lowest BCUT2D eigenvalue weighted by Crippen LogP contribution is -2.24. The Morgan fingerprint density at radius 2 is 1.85 bits per heavy atom. The molecule has 4 rings (SSSR count). The molecule has 3 aliphatic rings. The molecule has 3 unspecified atom stereocenters. The highest BCUT2D eigenvalue weighted by molar-refractivity contribution is 5.31. The third-order valence-electron chi connectivity index (χ3n) is 6.13. The van der Waals surface area contributed by atoms with E-state index in [0.717, 1.165) is 30.2 Å². The van der Waals surface area contributed by atoms with E-state index in [9.17, 15) is 0 Å². The fourth-order valence-corrected chi connectivity index (χ4v) is 4.82. The van der Waals surface area contributed by atoms with Gasteiger partial charge in [0.15, 0.2) is 0 Å². The summed E-state index contributed by atoms with van der Waals surface area (Å²) in [5.74, 6) is 3.86. The van der Waals surface area contributed by atoms with E-state index in [1.807, 2.05) is 0 Å². The van der Waals surface area contributed by atoms with Crippen LogP contribution in [0.3, 0.4) is 0 Å². The maximum Gasteiger partial charge on any atom is 0.0354 e. The molecule has 1 aromatic rings. The fourth-order valence-electron chi connectivity index (χ4n) is 4.82. The van der Waals surface area contributed by atoms with Gasteiger partial charge in [0.1, 0.15) is 0 Å². The summed E-state index contributed by atoms with van der Waals surface area (Å²) < 4.78 is 0. The molecule has 1 N–H and O–H groups in total. The monoisotopic (exact) mass is 269 g/mol. The minimum absolute atomic E-state index is 0.621. The van der Waals surface area contributed by atoms with E-state index in [2.05, 4.69) is 36.5 Å². The molecule has 108 valence electrons. The van der Waals surface area contributed by atoms with Gasteiger partial charge < -0.3 is 5.32 Å². The molecule has 1 nitrogen and oxygen atoms in total. The first-order valence-electron chi connectivity index (χ1n) is 8.71. The number of benzene rings is 1. The highest BCUT2D eigenvalue weighted by Gasteiger charge is 2.55. The van der Waals surface area contributed by atoms with Gasteiger partial charge in [-0.2, -0.15) is 0 Å². The normalized spacial score (nSPS) is 33.5. The SMILES string of the molecule is CCNC(c1cccc(C2CCC2)c1)C1C2CCCC21. The van der Waals surface area contributed by atoms with Gasteiger partial charge in [-0.1, -0.05) is 44.0 Å². The van der Waals surface area contributed by atoms with Crippen molar-refractivity contribution < 1.29 is 0 Å². The summed E-state index contributed by atoms with van der Waals surface area (Å²) in [5, 5.41) is 3.79. The summed E-state index contributed by atoms with van der Waals surface area (Å²) in [5.41, 5.74) is 3.16. The largest absolute Gasteiger partial charge is 0.310 e. The van der Waals surface area contributed by atoms with E-state index in [1.165, 1.54) is 38.5 Å². The first kappa shape index (κ1) is 12.9. The molecule has 1 aromatic carbocycles. The van der Waals surface area contributed by atoms with E-state index in [-0.39, 0.29) is 0 Å². The lowest BCUT2D eigenvalue weighted by atomic mass is 9.79. The zero-order chi connectivity index (χ0) is 13.5. The first-order valence-corrected chi connectivity index (χ1v) is 8.71. The Bertz CT molecular complexity index is 466. The second-order valence-corrected chi connectivity index (χ2v) is 7.17. The molecule has 1 heteroatoms. The lowest BCUT2D eigenvalue weighted by Gasteiger charge is -2.27. The second kappa shape index (κ2) is 5.18. The summed E-state index contributed by atoms with van der Waals surface area (Å²) in [7, 11) is 0. The summed E-state index contributed by atoms with van der Waals surface area (Å²) in [4.78, 5) is 0. The Morgan fingerprint density at radius 1 is 1.10 bits per heavy atom. The summed E-state index contributed by atoms with van der Waals surface area (Å²) in [6.07, 6.45) is 8.69. The molecule has 3 saturated carbocycles. The molecule has 0 aliphatic heterocycles. The molecule has 0 aromatic heterocycles. The summed E-state index contributed by atoms with van der Waals surface area (Å²) in [6.45, 7) is 3.34. The predicted molar refractivity (Wildman–Crippen MR) is 83.8 cm³/mol. The van der Waals surface area contributed by atoms with Crippen LogP contribution in [0.1, 0.15) is 68.5 Å². The third kappa shape index (κ3) is 2.11. The van der Waals surface area contributed by atoms with Gasteiger partial charge in [-0.05, 0) is 67.0 Å². The molecule has 0 spiro atoms. The van der Waals surface area contributed by atoms with E-state index in [0.29, 0.717) is 6.04 Å². The summed E-state index contributed by atoms with van der Waals surface area (Å²) in [6, 6.07) is 10.2. The van der Waals surface area contributed by atoms with E-state index in [1.54, 1.807) is 11.1 Å². The van der Waals surface area contributed by atoms with Crippen molar-refractivity contribution in [3.8, 4) is 0 Å². The van der Waals surface area contributed by atoms with Gasteiger partial charge >= 0.3 is 0 Å². The van der Waals surface area contributed by atoms with Crippen molar-refractivity contribution in [3.05, 3.63) is 35.4 Å². The smallest absolute Gasteiger partial charge is 0.0354 e. The number of hydrogen-bond donors (Lipinski definition) is 1. The van der Waals surface area contributed by atoms with E-state index in [4.69, 9.17) is 0 Å². The minimum atomic E-state index is 0.621. The number of fused-ring (bicyclic) bond motifs is 1. The van der Waals surface area contributed by atoms with Crippen molar-refractivity contribution in [2.75, 3.05) is 6.54 Å². The molecular formula is C19H27N. The van der Waals surface area contributed by atoms with Crippen LogP contribution in [0, 0.1) is 17.8 Å². The van der Waals surface area contributed by atoms with Crippen molar-refractivity contribution in [3.63, 3.8) is 0 Å². The highest BCUT2D eigenvalue weighted by atomic mass is 14.9. The van der Waals surface area contributed by atoms with Crippen LogP contribution in [0.25, 0.3) is 0 Å². The highest BCUT2D eigenvalue weighted by Crippen LogP contribution is 2.62. The Balaban J connectivity index is 1.56. The van der Waals surface area contributed by atoms with Crippen LogP contribution in [-0.2, 0) is 0 Å². The Kier molecular flexibility index (Phi) is 3.34. The Hall–Kier alpha value is -0.820. The average molecular weight is 269 g/mol. The van der Waals surface area contributed by atoms with Gasteiger partial charge in [-0.15, -0.1) is 0 Å². The van der Waals surface area contributed by atoms with Crippen LogP contribution in [0.2, 0.25) is 0 Å². The van der Waals surface area contributed by atoms with Crippen molar-refractivity contribution in [2.24, 2.45) is 17.8 Å². The maximum atomic E-state index is 3.79. The molecule has 20 heavy (non-hydrogen) atoms. The van der Waals surface area contributed by atoms with Crippen LogP contribution in [0.4, 0.5) is 0 Å². The first-order chi connectivity index (χ1) is 9.88. The van der Waals surface area contributed by atoms with Crippen molar-refractivity contribution in [1.29, 1.82) is 0 Å². The number of rotatable bonds is 5. The van der Waals surface area contributed by atoms with Gasteiger partial charge in [-0.3, -0.25) is 0 Å². The molecule has 3 fully saturated rings. The molecule has 0 heterocycles. The topological polar surface area (TPSA) is 12.0 Å². The maximum absolute atomic E-state index is 3.79. The third-order valence-corrected chi connectivity index (χ3v) is 6.13. The quantitative estimate of drug-likeness (QED) is 0.820. The van der Waals surface area contributed by atoms with Crippen molar-refractivity contribution in [1.82, 2.24) is 5.32 Å². The molecule has 3 atom stereocenters. The van der Waals surface area contributed by atoms with Gasteiger partial charge in [0.2, 0.25) is 0 Å². The van der Waals surface area contributed by atoms with E-state index >= 15 is 0 Å².